The van der Waals surface area contributed by atoms with Gasteiger partial charge in [-0.15, -0.1) is 0 Å². The zero-order valence-electron chi connectivity index (χ0n) is 14.7. The van der Waals surface area contributed by atoms with Gasteiger partial charge in [-0.3, -0.25) is 14.7 Å². The number of aromatic amines is 1. The third-order valence-electron chi connectivity index (χ3n) is 5.46. The highest BCUT2D eigenvalue weighted by atomic mass is 79.9. The van der Waals surface area contributed by atoms with E-state index in [-0.39, 0.29) is 17.2 Å². The van der Waals surface area contributed by atoms with E-state index in [1.807, 2.05) is 30.3 Å². The fraction of sp³-hybridized carbons (Fsp3) is 0.190. The number of benzene rings is 2. The van der Waals surface area contributed by atoms with E-state index in [4.69, 9.17) is 0 Å². The summed E-state index contributed by atoms with van der Waals surface area (Å²) in [4.78, 5) is 30.6. The van der Waals surface area contributed by atoms with Crippen molar-refractivity contribution in [2.45, 2.75) is 18.8 Å². The largest absolute Gasteiger partial charge is 0.299 e. The lowest BCUT2D eigenvalue weighted by Gasteiger charge is -2.26. The number of aromatic nitrogens is 2. The number of Topliss-reactive ketones (excluding diaryl/α,β-unsaturated/α-hetero) is 1. The van der Waals surface area contributed by atoms with Crippen LogP contribution in [0.1, 0.15) is 29.9 Å². The maximum atomic E-state index is 13.8. The van der Waals surface area contributed by atoms with E-state index in [1.165, 1.54) is 10.7 Å². The highest BCUT2D eigenvalue weighted by molar-refractivity contribution is 9.10. The minimum absolute atomic E-state index is 0.0710. The summed E-state index contributed by atoms with van der Waals surface area (Å²) in [6, 6.07) is 13.9. The van der Waals surface area contributed by atoms with E-state index in [0.29, 0.717) is 34.4 Å². The van der Waals surface area contributed by atoms with Gasteiger partial charge in [0.1, 0.15) is 11.6 Å². The van der Waals surface area contributed by atoms with Crippen molar-refractivity contribution in [1.82, 2.24) is 9.78 Å². The smallest absolute Gasteiger partial charge is 0.277 e. The molecule has 3 aromatic rings. The third-order valence-corrected chi connectivity index (χ3v) is 6.06. The Morgan fingerprint density at radius 2 is 1.86 bits per heavy atom. The molecule has 0 bridgehead atoms. The number of fused-ring (bicyclic) bond motifs is 2. The van der Waals surface area contributed by atoms with Gasteiger partial charge in [-0.05, 0) is 52.2 Å². The van der Waals surface area contributed by atoms with Crippen LogP contribution in [-0.4, -0.2) is 21.3 Å². The summed E-state index contributed by atoms with van der Waals surface area (Å²) in [6.07, 6.45) is 1.000. The fourth-order valence-electron chi connectivity index (χ4n) is 4.19. The Balaban J connectivity index is 1.76. The maximum Gasteiger partial charge on any atom is 0.277 e. The molecule has 5 nitrogen and oxygen atoms in total. The third kappa shape index (κ3) is 2.53. The summed E-state index contributed by atoms with van der Waals surface area (Å²) in [7, 11) is 0. The van der Waals surface area contributed by atoms with Crippen LogP contribution in [0.15, 0.2) is 62.8 Å². The first-order chi connectivity index (χ1) is 13.5. The molecule has 2 aliphatic rings. The molecule has 1 aliphatic heterocycles. The number of nitrogens with one attached hydrogen (secondary N) is 1. The van der Waals surface area contributed by atoms with Crippen molar-refractivity contribution in [3.05, 3.63) is 80.3 Å². The standard InChI is InChI=1S/C21H15BrFN3O2/c22-13-10-11(6-7-14(13)23)17-18-15(8-9-16(18)27)24-20-19(17)21(28)26(25-20)12-4-2-1-3-5-12/h1-7,10,17-18,25H,8-9H2. The van der Waals surface area contributed by atoms with Crippen LogP contribution in [0.5, 0.6) is 0 Å². The minimum Gasteiger partial charge on any atom is -0.299 e. The molecule has 1 saturated carbocycles. The first-order valence-corrected chi connectivity index (χ1v) is 9.79. The number of aliphatic imine (C=N–C) groups is 1. The maximum absolute atomic E-state index is 13.8. The van der Waals surface area contributed by atoms with Crippen molar-refractivity contribution in [2.75, 3.05) is 0 Å². The van der Waals surface area contributed by atoms with Gasteiger partial charge in [-0.25, -0.2) is 14.1 Å². The first kappa shape index (κ1) is 17.3. The zero-order chi connectivity index (χ0) is 19.4. The number of halogens is 2. The van der Waals surface area contributed by atoms with Crippen molar-refractivity contribution in [2.24, 2.45) is 10.9 Å². The highest BCUT2D eigenvalue weighted by Gasteiger charge is 2.45. The molecule has 140 valence electrons. The molecule has 0 radical (unpaired) electrons. The molecule has 1 fully saturated rings. The number of carbonyl (C=O) groups excluding carboxylic acids is 1. The lowest BCUT2D eigenvalue weighted by molar-refractivity contribution is -0.120. The first-order valence-electron chi connectivity index (χ1n) is 9.00. The lowest BCUT2D eigenvalue weighted by Crippen LogP contribution is -2.31. The predicted molar refractivity (Wildman–Crippen MR) is 107 cm³/mol. The fourth-order valence-corrected chi connectivity index (χ4v) is 4.59. The topological polar surface area (TPSA) is 67.2 Å². The summed E-state index contributed by atoms with van der Waals surface area (Å²) in [5, 5.41) is 3.09. The van der Waals surface area contributed by atoms with Crippen molar-refractivity contribution in [3.63, 3.8) is 0 Å². The molecule has 1 N–H and O–H groups in total. The summed E-state index contributed by atoms with van der Waals surface area (Å²) in [5.74, 6) is -0.801. The normalized spacial score (nSPS) is 20.6. The number of rotatable bonds is 2. The molecular formula is C21H15BrFN3O2. The number of hydrogen-bond acceptors (Lipinski definition) is 3. The lowest BCUT2D eigenvalue weighted by atomic mass is 9.78. The Labute approximate surface area is 168 Å². The number of para-hydroxylation sites is 1. The average Bonchev–Trinajstić information content (AvgIpc) is 3.23. The molecule has 2 unspecified atom stereocenters. The predicted octanol–water partition coefficient (Wildman–Crippen LogP) is 4.26. The second-order valence-electron chi connectivity index (χ2n) is 7.05. The number of carbonyl (C=O) groups is 1. The highest BCUT2D eigenvalue weighted by Crippen LogP contribution is 2.45. The van der Waals surface area contributed by atoms with Crippen LogP contribution in [0.25, 0.3) is 5.69 Å². The Morgan fingerprint density at radius 3 is 2.61 bits per heavy atom. The van der Waals surface area contributed by atoms with Gasteiger partial charge in [-0.2, -0.15) is 0 Å². The Morgan fingerprint density at radius 1 is 1.07 bits per heavy atom. The molecule has 2 atom stereocenters. The van der Waals surface area contributed by atoms with Gasteiger partial charge in [0.2, 0.25) is 0 Å². The van der Waals surface area contributed by atoms with Gasteiger partial charge in [0, 0.05) is 18.1 Å². The molecule has 5 rings (SSSR count). The van der Waals surface area contributed by atoms with E-state index in [0.717, 1.165) is 11.3 Å². The summed E-state index contributed by atoms with van der Waals surface area (Å²) >= 11 is 3.22. The van der Waals surface area contributed by atoms with E-state index in [1.54, 1.807) is 12.1 Å². The molecule has 7 heteroatoms. The molecule has 0 amide bonds. The van der Waals surface area contributed by atoms with Gasteiger partial charge < -0.3 is 0 Å². The number of ketones is 1. The zero-order valence-corrected chi connectivity index (χ0v) is 16.2. The van der Waals surface area contributed by atoms with Gasteiger partial charge in [0.25, 0.3) is 5.56 Å². The summed E-state index contributed by atoms with van der Waals surface area (Å²) < 4.78 is 15.6. The van der Waals surface area contributed by atoms with Gasteiger partial charge >= 0.3 is 0 Å². The molecule has 2 heterocycles. The SMILES string of the molecule is O=C1CCC2=Nc3[nH]n(-c4ccccc4)c(=O)c3C(c3ccc(F)c(Br)c3)C12. The van der Waals surface area contributed by atoms with Gasteiger partial charge in [0.05, 0.1) is 21.6 Å². The summed E-state index contributed by atoms with van der Waals surface area (Å²) in [6.45, 7) is 0. The van der Waals surface area contributed by atoms with E-state index < -0.39 is 11.8 Å². The van der Waals surface area contributed by atoms with Gasteiger partial charge in [0.15, 0.2) is 5.82 Å². The molecule has 1 aliphatic carbocycles. The molecule has 0 spiro atoms. The van der Waals surface area contributed by atoms with Crippen molar-refractivity contribution in [3.8, 4) is 5.69 Å². The molecular weight excluding hydrogens is 425 g/mol. The van der Waals surface area contributed by atoms with Gasteiger partial charge in [-0.1, -0.05) is 24.3 Å². The Kier molecular flexibility index (Phi) is 3.94. The van der Waals surface area contributed by atoms with E-state index in [2.05, 4.69) is 26.0 Å². The van der Waals surface area contributed by atoms with Crippen molar-refractivity contribution < 1.29 is 9.18 Å². The van der Waals surface area contributed by atoms with Crippen LogP contribution in [-0.2, 0) is 4.79 Å². The van der Waals surface area contributed by atoms with Crippen LogP contribution in [0.4, 0.5) is 10.2 Å². The average molecular weight is 440 g/mol. The second-order valence-corrected chi connectivity index (χ2v) is 7.90. The Hall–Kier alpha value is -2.80. The van der Waals surface area contributed by atoms with Crippen LogP contribution >= 0.6 is 15.9 Å². The molecule has 0 saturated heterocycles. The van der Waals surface area contributed by atoms with Crippen LogP contribution in [0.3, 0.4) is 0 Å². The second kappa shape index (κ2) is 6.38. The quantitative estimate of drug-likeness (QED) is 0.647. The Bertz CT molecular complexity index is 1200. The molecule has 2 aromatic carbocycles. The summed E-state index contributed by atoms with van der Waals surface area (Å²) in [5.41, 5.74) is 2.40. The van der Waals surface area contributed by atoms with E-state index in [9.17, 15) is 14.0 Å². The number of hydrogen-bond donors (Lipinski definition) is 1. The molecule has 28 heavy (non-hydrogen) atoms. The minimum atomic E-state index is -0.483. The van der Waals surface area contributed by atoms with E-state index >= 15 is 0 Å². The van der Waals surface area contributed by atoms with Crippen LogP contribution in [0.2, 0.25) is 0 Å². The van der Waals surface area contributed by atoms with Crippen LogP contribution in [0, 0.1) is 11.7 Å². The van der Waals surface area contributed by atoms with Crippen molar-refractivity contribution >= 4 is 33.2 Å². The van der Waals surface area contributed by atoms with Crippen LogP contribution < -0.4 is 5.56 Å². The number of H-pyrrole nitrogens is 1. The number of nitrogens with zero attached hydrogens (tertiary/aromatic N) is 2. The monoisotopic (exact) mass is 439 g/mol. The van der Waals surface area contributed by atoms with Crippen molar-refractivity contribution in [1.29, 1.82) is 0 Å². The molecule has 1 aromatic heterocycles.